The highest BCUT2D eigenvalue weighted by Crippen LogP contribution is 2.16. The predicted molar refractivity (Wildman–Crippen MR) is 69.3 cm³/mol. The van der Waals surface area contributed by atoms with E-state index in [2.05, 4.69) is 15.3 Å². The van der Waals surface area contributed by atoms with Gasteiger partial charge in [0.25, 0.3) is 0 Å². The van der Waals surface area contributed by atoms with Crippen LogP contribution >= 0.6 is 11.6 Å². The number of nitrogens with one attached hydrogen (secondary N) is 1. The van der Waals surface area contributed by atoms with Crippen LogP contribution in [-0.4, -0.2) is 36.9 Å². The molecule has 0 radical (unpaired) electrons. The number of aromatic nitrogens is 2. The van der Waals surface area contributed by atoms with Gasteiger partial charge in [0.1, 0.15) is 26.6 Å². The van der Waals surface area contributed by atoms with E-state index in [1.165, 1.54) is 6.26 Å². The van der Waals surface area contributed by atoms with Crippen LogP contribution in [0.15, 0.2) is 6.07 Å². The van der Waals surface area contributed by atoms with Gasteiger partial charge in [-0.2, -0.15) is 0 Å². The van der Waals surface area contributed by atoms with Gasteiger partial charge in [-0.3, -0.25) is 0 Å². The third kappa shape index (κ3) is 5.32. The molecule has 0 aliphatic rings. The van der Waals surface area contributed by atoms with Gasteiger partial charge in [0.15, 0.2) is 0 Å². The van der Waals surface area contributed by atoms with E-state index in [0.717, 1.165) is 0 Å². The maximum absolute atomic E-state index is 11.0. The van der Waals surface area contributed by atoms with Crippen LogP contribution < -0.4 is 5.32 Å². The first-order chi connectivity index (χ1) is 7.78. The van der Waals surface area contributed by atoms with E-state index in [-0.39, 0.29) is 11.7 Å². The molecule has 1 aromatic heterocycles. The third-order valence-electron chi connectivity index (χ3n) is 2.01. The normalized spacial score (nSPS) is 11.8. The second-order valence-corrected chi connectivity index (χ2v) is 6.79. The van der Waals surface area contributed by atoms with Crippen molar-refractivity contribution >= 4 is 27.3 Å². The first kappa shape index (κ1) is 14.2. The van der Waals surface area contributed by atoms with E-state index >= 15 is 0 Å². The first-order valence-corrected chi connectivity index (χ1v) is 7.68. The average molecular weight is 278 g/mol. The molecule has 0 unspecified atom stereocenters. The molecule has 5 nitrogen and oxygen atoms in total. The number of rotatable bonds is 5. The maximum atomic E-state index is 11.0. The number of sulfone groups is 1. The number of hydrogen-bond acceptors (Lipinski definition) is 5. The summed E-state index contributed by atoms with van der Waals surface area (Å²) in [4.78, 5) is 8.34. The summed E-state index contributed by atoms with van der Waals surface area (Å²) in [5.41, 5.74) is 0. The molecule has 0 aliphatic heterocycles. The highest BCUT2D eigenvalue weighted by Gasteiger charge is 2.07. The molecule has 17 heavy (non-hydrogen) atoms. The number of anilines is 1. The Morgan fingerprint density at radius 1 is 1.41 bits per heavy atom. The Morgan fingerprint density at radius 3 is 2.59 bits per heavy atom. The van der Waals surface area contributed by atoms with Crippen molar-refractivity contribution in [3.05, 3.63) is 17.0 Å². The smallest absolute Gasteiger partial charge is 0.149 e. The highest BCUT2D eigenvalue weighted by molar-refractivity contribution is 7.90. The van der Waals surface area contributed by atoms with Crippen molar-refractivity contribution in [1.82, 2.24) is 9.97 Å². The van der Waals surface area contributed by atoms with Crippen molar-refractivity contribution in [2.45, 2.75) is 19.8 Å². The van der Waals surface area contributed by atoms with Crippen LogP contribution in [0.1, 0.15) is 25.6 Å². The molecule has 96 valence electrons. The van der Waals surface area contributed by atoms with E-state index in [0.29, 0.717) is 23.3 Å². The van der Waals surface area contributed by atoms with Gasteiger partial charge < -0.3 is 5.32 Å². The molecule has 1 rings (SSSR count). The Hall–Kier alpha value is -0.880. The fourth-order valence-electron chi connectivity index (χ4n) is 1.15. The highest BCUT2D eigenvalue weighted by atomic mass is 35.5. The molecule has 1 N–H and O–H groups in total. The summed E-state index contributed by atoms with van der Waals surface area (Å²) in [5.74, 6) is 1.42. The molecule has 0 spiro atoms. The van der Waals surface area contributed by atoms with Crippen LogP contribution in [0.4, 0.5) is 5.82 Å². The lowest BCUT2D eigenvalue weighted by atomic mass is 10.2. The minimum atomic E-state index is -2.97. The molecule has 7 heteroatoms. The summed E-state index contributed by atoms with van der Waals surface area (Å²) >= 11 is 5.85. The quantitative estimate of drug-likeness (QED) is 0.830. The maximum Gasteiger partial charge on any atom is 0.149 e. The van der Waals surface area contributed by atoms with Gasteiger partial charge >= 0.3 is 0 Å². The summed E-state index contributed by atoms with van der Waals surface area (Å²) in [6, 6.07) is 1.58. The molecule has 0 saturated carbocycles. The monoisotopic (exact) mass is 277 g/mol. The number of hydrogen-bond donors (Lipinski definition) is 1. The van der Waals surface area contributed by atoms with Gasteiger partial charge in [0, 0.05) is 24.8 Å². The summed E-state index contributed by atoms with van der Waals surface area (Å²) in [6.07, 6.45) is 1.20. The van der Waals surface area contributed by atoms with Crippen LogP contribution in [0.3, 0.4) is 0 Å². The van der Waals surface area contributed by atoms with Gasteiger partial charge in [-0.25, -0.2) is 18.4 Å². The van der Waals surface area contributed by atoms with Crippen LogP contribution in [0.25, 0.3) is 0 Å². The van der Waals surface area contributed by atoms with E-state index in [9.17, 15) is 8.42 Å². The molecule has 0 aliphatic carbocycles. The number of nitrogens with zero attached hydrogens (tertiary/aromatic N) is 2. The topological polar surface area (TPSA) is 72.0 Å². The minimum absolute atomic E-state index is 0.0611. The van der Waals surface area contributed by atoms with Crippen molar-refractivity contribution in [3.63, 3.8) is 0 Å². The fraction of sp³-hybridized carbons (Fsp3) is 0.600. The number of halogens is 1. The lowest BCUT2D eigenvalue weighted by Crippen LogP contribution is -2.15. The lowest BCUT2D eigenvalue weighted by molar-refractivity contribution is 0.602. The molecule has 0 fully saturated rings. The lowest BCUT2D eigenvalue weighted by Gasteiger charge is -2.09. The third-order valence-corrected chi connectivity index (χ3v) is 3.15. The van der Waals surface area contributed by atoms with Crippen molar-refractivity contribution in [1.29, 1.82) is 0 Å². The summed E-state index contributed by atoms with van der Waals surface area (Å²) in [6.45, 7) is 4.24. The summed E-state index contributed by atoms with van der Waals surface area (Å²) in [7, 11) is -2.97. The van der Waals surface area contributed by atoms with E-state index in [1.54, 1.807) is 6.07 Å². The van der Waals surface area contributed by atoms with Crippen LogP contribution in [0.5, 0.6) is 0 Å². The van der Waals surface area contributed by atoms with Crippen molar-refractivity contribution in [2.24, 2.45) is 0 Å². The van der Waals surface area contributed by atoms with Gasteiger partial charge in [0.2, 0.25) is 0 Å². The zero-order chi connectivity index (χ0) is 13.1. The van der Waals surface area contributed by atoms with E-state index in [1.807, 2.05) is 13.8 Å². The van der Waals surface area contributed by atoms with Crippen LogP contribution in [0, 0.1) is 0 Å². The van der Waals surface area contributed by atoms with Crippen molar-refractivity contribution in [2.75, 3.05) is 23.9 Å². The summed E-state index contributed by atoms with van der Waals surface area (Å²) in [5, 5.41) is 3.27. The Labute approximate surface area is 107 Å². The second kappa shape index (κ2) is 5.64. The largest absolute Gasteiger partial charge is 0.369 e. The van der Waals surface area contributed by atoms with E-state index < -0.39 is 9.84 Å². The van der Waals surface area contributed by atoms with E-state index in [4.69, 9.17) is 11.6 Å². The average Bonchev–Trinajstić information content (AvgIpc) is 2.14. The first-order valence-electron chi connectivity index (χ1n) is 5.24. The molecule has 1 aromatic rings. The van der Waals surface area contributed by atoms with Gasteiger partial charge in [-0.05, 0) is 0 Å². The Balaban J connectivity index is 2.71. The second-order valence-electron chi connectivity index (χ2n) is 4.15. The van der Waals surface area contributed by atoms with Crippen LogP contribution in [-0.2, 0) is 9.84 Å². The van der Waals surface area contributed by atoms with Gasteiger partial charge in [0.05, 0.1) is 5.75 Å². The zero-order valence-electron chi connectivity index (χ0n) is 10.1. The molecule has 0 aromatic carbocycles. The zero-order valence-corrected chi connectivity index (χ0v) is 11.6. The molecular weight excluding hydrogens is 262 g/mol. The molecule has 0 bridgehead atoms. The molecular formula is C10H16ClN3O2S. The minimum Gasteiger partial charge on any atom is -0.369 e. The molecule has 0 amide bonds. The molecule has 0 atom stereocenters. The van der Waals surface area contributed by atoms with Crippen LogP contribution in [0.2, 0.25) is 5.15 Å². The Morgan fingerprint density at radius 2 is 2.06 bits per heavy atom. The Bertz CT molecular complexity index is 488. The van der Waals surface area contributed by atoms with Gasteiger partial charge in [-0.1, -0.05) is 25.4 Å². The standard InChI is InChI=1S/C10H16ClN3O2S/c1-7(2)10-13-8(11)6-9(14-10)12-4-5-17(3,15)16/h6-7H,4-5H2,1-3H3,(H,12,13,14). The Kier molecular flexibility index (Phi) is 4.70. The fourth-order valence-corrected chi connectivity index (χ4v) is 1.81. The SMILES string of the molecule is CC(C)c1nc(Cl)cc(NCCS(C)(=O)=O)n1. The predicted octanol–water partition coefficient (Wildman–Crippen LogP) is 1.71. The molecule has 0 saturated heterocycles. The van der Waals surface area contributed by atoms with Gasteiger partial charge in [-0.15, -0.1) is 0 Å². The van der Waals surface area contributed by atoms with Crippen molar-refractivity contribution < 1.29 is 8.42 Å². The van der Waals surface area contributed by atoms with Crippen molar-refractivity contribution in [3.8, 4) is 0 Å². The summed E-state index contributed by atoms with van der Waals surface area (Å²) < 4.78 is 21.9. The molecule has 1 heterocycles.